The van der Waals surface area contributed by atoms with Crippen molar-refractivity contribution in [2.45, 2.75) is 0 Å². The third kappa shape index (κ3) is 5.36. The summed E-state index contributed by atoms with van der Waals surface area (Å²) >= 11 is 0. The Kier molecular flexibility index (Phi) is 5.61. The predicted octanol–water partition coefficient (Wildman–Crippen LogP) is -0.118. The number of hydrogen-bond donors (Lipinski definition) is 2. The molecule has 0 radical (unpaired) electrons. The first-order valence-electron chi connectivity index (χ1n) is 5.80. The van der Waals surface area contributed by atoms with Crippen molar-refractivity contribution in [2.75, 3.05) is 26.5 Å². The molecule has 0 aliphatic rings. The Hall–Kier alpha value is -2.20. The highest BCUT2D eigenvalue weighted by molar-refractivity contribution is 7.88. The highest BCUT2D eigenvalue weighted by Crippen LogP contribution is 2.23. The molecule has 21 heavy (non-hydrogen) atoms. The molecule has 116 valence electrons. The molecule has 0 atom stereocenters. The van der Waals surface area contributed by atoms with Gasteiger partial charge in [0, 0.05) is 25.2 Å². The van der Waals surface area contributed by atoms with E-state index in [1.165, 1.54) is 19.2 Å². The first-order chi connectivity index (χ1) is 9.74. The van der Waals surface area contributed by atoms with Gasteiger partial charge in [-0.25, -0.2) is 13.1 Å². The molecule has 0 bridgehead atoms. The van der Waals surface area contributed by atoms with Crippen molar-refractivity contribution in [1.29, 1.82) is 0 Å². The third-order valence-electron chi connectivity index (χ3n) is 2.41. The molecular formula is C11H15N3O6S. The van der Waals surface area contributed by atoms with E-state index in [0.717, 1.165) is 12.3 Å². The molecule has 1 aromatic carbocycles. The SMILES string of the molecule is COc1ccc([N+](=O)[O-])cc1C(=O)NCCNS(C)(=O)=O. The summed E-state index contributed by atoms with van der Waals surface area (Å²) in [6.45, 7) is 0.0551. The fourth-order valence-corrected chi connectivity index (χ4v) is 1.97. The van der Waals surface area contributed by atoms with Crippen LogP contribution in [0.4, 0.5) is 5.69 Å². The Balaban J connectivity index is 2.76. The minimum atomic E-state index is -3.33. The van der Waals surface area contributed by atoms with Crippen molar-refractivity contribution in [3.8, 4) is 5.75 Å². The van der Waals surface area contributed by atoms with Crippen molar-refractivity contribution >= 4 is 21.6 Å². The number of non-ortho nitro benzene ring substituents is 1. The van der Waals surface area contributed by atoms with Crippen LogP contribution in [0.1, 0.15) is 10.4 Å². The first-order valence-corrected chi connectivity index (χ1v) is 7.69. The average Bonchev–Trinajstić information content (AvgIpc) is 2.41. The first kappa shape index (κ1) is 16.9. The van der Waals surface area contributed by atoms with Gasteiger partial charge in [-0.2, -0.15) is 0 Å². The van der Waals surface area contributed by atoms with Gasteiger partial charge in [-0.15, -0.1) is 0 Å². The zero-order valence-corrected chi connectivity index (χ0v) is 12.3. The summed E-state index contributed by atoms with van der Waals surface area (Å²) in [5.74, 6) is -0.403. The molecule has 0 saturated heterocycles. The fourth-order valence-electron chi connectivity index (χ4n) is 1.49. The van der Waals surface area contributed by atoms with Gasteiger partial charge in [-0.05, 0) is 6.07 Å². The number of benzene rings is 1. The van der Waals surface area contributed by atoms with E-state index in [0.29, 0.717) is 0 Å². The summed E-state index contributed by atoms with van der Waals surface area (Å²) in [4.78, 5) is 22.0. The molecule has 0 aliphatic heterocycles. The molecule has 1 amide bonds. The number of nitro benzene ring substituents is 1. The van der Waals surface area contributed by atoms with Crippen molar-refractivity contribution in [3.05, 3.63) is 33.9 Å². The zero-order valence-electron chi connectivity index (χ0n) is 11.5. The van der Waals surface area contributed by atoms with Crippen LogP contribution in [0.2, 0.25) is 0 Å². The molecule has 10 heteroatoms. The Morgan fingerprint density at radius 3 is 2.57 bits per heavy atom. The van der Waals surface area contributed by atoms with Gasteiger partial charge in [-0.1, -0.05) is 0 Å². The third-order valence-corrected chi connectivity index (χ3v) is 3.14. The van der Waals surface area contributed by atoms with Gasteiger partial charge in [-0.3, -0.25) is 14.9 Å². The number of hydrogen-bond acceptors (Lipinski definition) is 6. The van der Waals surface area contributed by atoms with Crippen LogP contribution in [0, 0.1) is 10.1 Å². The van der Waals surface area contributed by atoms with E-state index in [1.807, 2.05) is 0 Å². The number of sulfonamides is 1. The lowest BCUT2D eigenvalue weighted by Crippen LogP contribution is -2.34. The van der Waals surface area contributed by atoms with E-state index in [1.54, 1.807) is 0 Å². The number of nitrogens with one attached hydrogen (secondary N) is 2. The monoisotopic (exact) mass is 317 g/mol. The van der Waals surface area contributed by atoms with Gasteiger partial charge in [0.1, 0.15) is 5.75 Å². The highest BCUT2D eigenvalue weighted by Gasteiger charge is 2.17. The molecule has 0 heterocycles. The van der Waals surface area contributed by atoms with Gasteiger partial charge >= 0.3 is 0 Å². The zero-order chi connectivity index (χ0) is 16.0. The minimum absolute atomic E-state index is 0.00561. The second-order valence-corrected chi connectivity index (χ2v) is 5.90. The lowest BCUT2D eigenvalue weighted by Gasteiger charge is -2.09. The summed E-state index contributed by atoms with van der Waals surface area (Å²) in [6, 6.07) is 3.64. The predicted molar refractivity (Wildman–Crippen MR) is 74.8 cm³/mol. The fraction of sp³-hybridized carbons (Fsp3) is 0.364. The number of carbonyl (C=O) groups excluding carboxylic acids is 1. The molecule has 0 aromatic heterocycles. The molecule has 0 spiro atoms. The number of nitrogens with zero attached hydrogens (tertiary/aromatic N) is 1. The van der Waals surface area contributed by atoms with Crippen molar-refractivity contribution in [2.24, 2.45) is 0 Å². The van der Waals surface area contributed by atoms with Gasteiger partial charge < -0.3 is 10.1 Å². The van der Waals surface area contributed by atoms with Crippen molar-refractivity contribution < 1.29 is 22.9 Å². The van der Waals surface area contributed by atoms with E-state index in [-0.39, 0.29) is 30.1 Å². The second-order valence-electron chi connectivity index (χ2n) is 4.06. The number of nitro groups is 1. The Morgan fingerprint density at radius 1 is 1.38 bits per heavy atom. The second kappa shape index (κ2) is 6.99. The Bertz CT molecular complexity index is 643. The van der Waals surface area contributed by atoms with Gasteiger partial charge in [0.15, 0.2) is 0 Å². The molecule has 0 saturated carbocycles. The maximum Gasteiger partial charge on any atom is 0.270 e. The number of carbonyl (C=O) groups is 1. The van der Waals surface area contributed by atoms with Crippen molar-refractivity contribution in [1.82, 2.24) is 10.0 Å². The minimum Gasteiger partial charge on any atom is -0.496 e. The molecule has 1 aromatic rings. The lowest BCUT2D eigenvalue weighted by atomic mass is 10.1. The lowest BCUT2D eigenvalue weighted by molar-refractivity contribution is -0.384. The molecule has 0 aliphatic carbocycles. The van der Waals surface area contributed by atoms with Crippen LogP contribution in [0.3, 0.4) is 0 Å². The molecular weight excluding hydrogens is 302 g/mol. The summed E-state index contributed by atoms with van der Waals surface area (Å²) in [7, 11) is -2.00. The smallest absolute Gasteiger partial charge is 0.270 e. The van der Waals surface area contributed by atoms with Crippen LogP contribution in [0.5, 0.6) is 5.75 Å². The van der Waals surface area contributed by atoms with Gasteiger partial charge in [0.2, 0.25) is 10.0 Å². The van der Waals surface area contributed by atoms with Crippen molar-refractivity contribution in [3.63, 3.8) is 0 Å². The summed E-state index contributed by atoms with van der Waals surface area (Å²) in [5.41, 5.74) is -0.235. The number of amides is 1. The Labute approximate surface area is 121 Å². The average molecular weight is 317 g/mol. The quantitative estimate of drug-likeness (QED) is 0.410. The maximum absolute atomic E-state index is 11.9. The molecule has 1 rings (SSSR count). The Morgan fingerprint density at radius 2 is 2.05 bits per heavy atom. The summed E-state index contributed by atoms with van der Waals surface area (Å²) in [5, 5.41) is 13.1. The van der Waals surface area contributed by atoms with Gasteiger partial charge in [0.25, 0.3) is 11.6 Å². The van der Waals surface area contributed by atoms with Crippen LogP contribution in [-0.4, -0.2) is 45.7 Å². The van der Waals surface area contributed by atoms with E-state index in [4.69, 9.17) is 4.74 Å². The number of methoxy groups -OCH3 is 1. The standard InChI is InChI=1S/C11H15N3O6S/c1-20-10-4-3-8(14(16)17)7-9(10)11(15)12-5-6-13-21(2,18)19/h3-4,7,13H,5-6H2,1-2H3,(H,12,15). The summed E-state index contributed by atoms with van der Waals surface area (Å²) < 4.78 is 28.9. The maximum atomic E-state index is 11.9. The topological polar surface area (TPSA) is 128 Å². The number of rotatable bonds is 7. The molecule has 0 unspecified atom stereocenters. The van der Waals surface area contributed by atoms with E-state index >= 15 is 0 Å². The molecule has 2 N–H and O–H groups in total. The van der Waals surface area contributed by atoms with Crippen LogP contribution < -0.4 is 14.8 Å². The number of ether oxygens (including phenoxy) is 1. The normalized spacial score (nSPS) is 11.0. The van der Waals surface area contributed by atoms with E-state index in [9.17, 15) is 23.3 Å². The van der Waals surface area contributed by atoms with E-state index < -0.39 is 20.9 Å². The molecule has 0 fully saturated rings. The van der Waals surface area contributed by atoms with E-state index in [2.05, 4.69) is 10.0 Å². The largest absolute Gasteiger partial charge is 0.496 e. The van der Waals surface area contributed by atoms with Crippen LogP contribution >= 0.6 is 0 Å². The van der Waals surface area contributed by atoms with Crippen LogP contribution in [-0.2, 0) is 10.0 Å². The highest BCUT2D eigenvalue weighted by atomic mass is 32.2. The molecule has 9 nitrogen and oxygen atoms in total. The van der Waals surface area contributed by atoms with Gasteiger partial charge in [0.05, 0.1) is 23.9 Å². The van der Waals surface area contributed by atoms with Crippen LogP contribution in [0.25, 0.3) is 0 Å². The summed E-state index contributed by atoms with van der Waals surface area (Å²) in [6.07, 6.45) is 0.998. The van der Waals surface area contributed by atoms with Crippen LogP contribution in [0.15, 0.2) is 18.2 Å².